The largest absolute Gasteiger partial charge is 0.323 e. The highest BCUT2D eigenvalue weighted by Gasteiger charge is 2.45. The van der Waals surface area contributed by atoms with Crippen LogP contribution in [0.5, 0.6) is 0 Å². The van der Waals surface area contributed by atoms with E-state index in [9.17, 15) is 9.18 Å². The van der Waals surface area contributed by atoms with Crippen molar-refractivity contribution in [1.82, 2.24) is 0 Å². The van der Waals surface area contributed by atoms with Crippen molar-refractivity contribution < 1.29 is 9.18 Å². The van der Waals surface area contributed by atoms with Crippen LogP contribution in [0.15, 0.2) is 42.5 Å². The van der Waals surface area contributed by atoms with Crippen LogP contribution in [0.4, 0.5) is 10.1 Å². The summed E-state index contributed by atoms with van der Waals surface area (Å²) in [6.07, 6.45) is 2.50. The Bertz CT molecular complexity index is 725. The third-order valence-electron chi connectivity index (χ3n) is 4.39. The Kier molecular flexibility index (Phi) is 3.92. The molecule has 1 aliphatic rings. The topological polar surface area (TPSA) is 29.1 Å². The molecule has 22 heavy (non-hydrogen) atoms. The van der Waals surface area contributed by atoms with Crippen molar-refractivity contribution >= 4 is 23.2 Å². The van der Waals surface area contributed by atoms with Gasteiger partial charge in [0.25, 0.3) is 0 Å². The highest BCUT2D eigenvalue weighted by Crippen LogP contribution is 2.45. The smallest absolute Gasteiger partial charge is 0.235 e. The summed E-state index contributed by atoms with van der Waals surface area (Å²) in [6.45, 7) is 1.81. The first-order valence-electron chi connectivity index (χ1n) is 7.35. The van der Waals surface area contributed by atoms with Gasteiger partial charge >= 0.3 is 0 Å². The van der Waals surface area contributed by atoms with E-state index in [0.717, 1.165) is 30.4 Å². The Hall–Kier alpha value is -1.87. The Morgan fingerprint density at radius 1 is 1.23 bits per heavy atom. The number of halogens is 2. The van der Waals surface area contributed by atoms with Gasteiger partial charge in [0.1, 0.15) is 5.82 Å². The SMILES string of the molecule is Cc1ccc(NC(=O)C2(c3cccc(Cl)c3)CCC2)c(F)c1. The minimum Gasteiger partial charge on any atom is -0.323 e. The van der Waals surface area contributed by atoms with Crippen LogP contribution in [0.3, 0.4) is 0 Å². The summed E-state index contributed by atoms with van der Waals surface area (Å²) in [4.78, 5) is 12.7. The van der Waals surface area contributed by atoms with Crippen LogP contribution in [0, 0.1) is 12.7 Å². The standard InChI is InChI=1S/C18H17ClFNO/c1-12-6-7-16(15(20)10-12)21-17(22)18(8-3-9-18)13-4-2-5-14(19)11-13/h2,4-7,10-11H,3,8-9H2,1H3,(H,21,22). The molecular formula is C18H17ClFNO. The Labute approximate surface area is 134 Å². The molecule has 0 spiro atoms. The first-order valence-corrected chi connectivity index (χ1v) is 7.73. The van der Waals surface area contributed by atoms with E-state index >= 15 is 0 Å². The summed E-state index contributed by atoms with van der Waals surface area (Å²) in [5, 5.41) is 3.35. The average molecular weight is 318 g/mol. The lowest BCUT2D eigenvalue weighted by molar-refractivity contribution is -0.124. The zero-order valence-electron chi connectivity index (χ0n) is 12.3. The maximum atomic E-state index is 14.0. The maximum Gasteiger partial charge on any atom is 0.235 e. The molecule has 1 saturated carbocycles. The quantitative estimate of drug-likeness (QED) is 0.861. The van der Waals surface area contributed by atoms with E-state index in [1.54, 1.807) is 18.2 Å². The summed E-state index contributed by atoms with van der Waals surface area (Å²) < 4.78 is 14.0. The highest BCUT2D eigenvalue weighted by molar-refractivity contribution is 6.30. The molecule has 2 aromatic rings. The van der Waals surface area contributed by atoms with Crippen LogP contribution < -0.4 is 5.32 Å². The highest BCUT2D eigenvalue weighted by atomic mass is 35.5. The van der Waals surface area contributed by atoms with Gasteiger partial charge in [0, 0.05) is 5.02 Å². The number of aryl methyl sites for hydroxylation is 1. The van der Waals surface area contributed by atoms with Crippen molar-refractivity contribution in [3.63, 3.8) is 0 Å². The molecule has 1 fully saturated rings. The number of nitrogens with one attached hydrogen (secondary N) is 1. The number of hydrogen-bond acceptors (Lipinski definition) is 1. The lowest BCUT2D eigenvalue weighted by Gasteiger charge is -2.40. The van der Waals surface area contributed by atoms with Gasteiger partial charge in [-0.3, -0.25) is 4.79 Å². The van der Waals surface area contributed by atoms with Gasteiger partial charge in [-0.2, -0.15) is 0 Å². The molecule has 0 aromatic heterocycles. The summed E-state index contributed by atoms with van der Waals surface area (Å²) in [5.41, 5.74) is 1.35. The molecule has 0 saturated heterocycles. The second kappa shape index (κ2) is 5.73. The molecule has 2 aromatic carbocycles. The summed E-state index contributed by atoms with van der Waals surface area (Å²) >= 11 is 6.05. The zero-order chi connectivity index (χ0) is 15.7. The monoisotopic (exact) mass is 317 g/mol. The van der Waals surface area contributed by atoms with Crippen LogP contribution in [0.2, 0.25) is 5.02 Å². The lowest BCUT2D eigenvalue weighted by Crippen LogP contribution is -2.46. The van der Waals surface area contributed by atoms with Crippen molar-refractivity contribution in [2.75, 3.05) is 5.32 Å². The summed E-state index contributed by atoms with van der Waals surface area (Å²) in [6, 6.07) is 12.2. The van der Waals surface area contributed by atoms with E-state index < -0.39 is 11.2 Å². The lowest BCUT2D eigenvalue weighted by atomic mass is 9.64. The predicted molar refractivity (Wildman–Crippen MR) is 86.7 cm³/mol. The van der Waals surface area contributed by atoms with E-state index in [1.165, 1.54) is 6.07 Å². The molecule has 0 atom stereocenters. The van der Waals surface area contributed by atoms with Crippen LogP contribution in [-0.4, -0.2) is 5.91 Å². The molecule has 1 amide bonds. The van der Waals surface area contributed by atoms with Crippen molar-refractivity contribution in [1.29, 1.82) is 0 Å². The molecule has 114 valence electrons. The number of amides is 1. The Morgan fingerprint density at radius 2 is 2.00 bits per heavy atom. The number of rotatable bonds is 3. The summed E-state index contributed by atoms with van der Waals surface area (Å²) in [5.74, 6) is -0.572. The van der Waals surface area contributed by atoms with Gasteiger partial charge in [-0.05, 0) is 55.2 Å². The molecule has 0 aliphatic heterocycles. The van der Waals surface area contributed by atoms with Crippen LogP contribution in [0.25, 0.3) is 0 Å². The van der Waals surface area contributed by atoms with Gasteiger partial charge < -0.3 is 5.32 Å². The molecule has 2 nitrogen and oxygen atoms in total. The van der Waals surface area contributed by atoms with Crippen LogP contribution >= 0.6 is 11.6 Å². The van der Waals surface area contributed by atoms with Crippen LogP contribution in [0.1, 0.15) is 30.4 Å². The van der Waals surface area contributed by atoms with Gasteiger partial charge in [0.2, 0.25) is 5.91 Å². The molecule has 0 unspecified atom stereocenters. The van der Waals surface area contributed by atoms with Gasteiger partial charge in [-0.1, -0.05) is 36.2 Å². The van der Waals surface area contributed by atoms with E-state index in [0.29, 0.717) is 5.02 Å². The fraction of sp³-hybridized carbons (Fsp3) is 0.278. The van der Waals surface area contributed by atoms with Gasteiger partial charge in [0.05, 0.1) is 11.1 Å². The van der Waals surface area contributed by atoms with Crippen molar-refractivity contribution in [3.8, 4) is 0 Å². The second-order valence-corrected chi connectivity index (χ2v) is 6.32. The second-order valence-electron chi connectivity index (χ2n) is 5.88. The average Bonchev–Trinajstić information content (AvgIpc) is 2.41. The number of hydrogen-bond donors (Lipinski definition) is 1. The third-order valence-corrected chi connectivity index (χ3v) is 4.63. The number of carbonyl (C=O) groups is 1. The molecule has 0 radical (unpaired) electrons. The fourth-order valence-corrected chi connectivity index (χ4v) is 3.12. The van der Waals surface area contributed by atoms with Crippen LogP contribution in [-0.2, 0) is 10.2 Å². The molecule has 4 heteroatoms. The first-order chi connectivity index (χ1) is 10.5. The van der Waals surface area contributed by atoms with E-state index in [1.807, 2.05) is 25.1 Å². The normalized spacial score (nSPS) is 16.0. The first kappa shape index (κ1) is 15.0. The van der Waals surface area contributed by atoms with Gasteiger partial charge in [-0.15, -0.1) is 0 Å². The van der Waals surface area contributed by atoms with E-state index in [-0.39, 0.29) is 11.6 Å². The molecule has 1 N–H and O–H groups in total. The zero-order valence-corrected chi connectivity index (χ0v) is 13.1. The van der Waals surface area contributed by atoms with E-state index in [2.05, 4.69) is 5.32 Å². The van der Waals surface area contributed by atoms with Crippen molar-refractivity contribution in [2.45, 2.75) is 31.6 Å². The third kappa shape index (κ3) is 2.61. The van der Waals surface area contributed by atoms with Gasteiger partial charge in [0.15, 0.2) is 0 Å². The molecule has 1 aliphatic carbocycles. The maximum absolute atomic E-state index is 14.0. The molecule has 0 heterocycles. The predicted octanol–water partition coefficient (Wildman–Crippen LogP) is 4.85. The Morgan fingerprint density at radius 3 is 2.59 bits per heavy atom. The number of benzene rings is 2. The molecule has 3 rings (SSSR count). The molecular weight excluding hydrogens is 301 g/mol. The molecule has 0 bridgehead atoms. The minimum atomic E-state index is -0.595. The fourth-order valence-electron chi connectivity index (χ4n) is 2.93. The minimum absolute atomic E-state index is 0.163. The number of anilines is 1. The van der Waals surface area contributed by atoms with Gasteiger partial charge in [-0.25, -0.2) is 4.39 Å². The van der Waals surface area contributed by atoms with Crippen molar-refractivity contribution in [3.05, 3.63) is 64.4 Å². The summed E-state index contributed by atoms with van der Waals surface area (Å²) in [7, 11) is 0. The number of carbonyl (C=O) groups excluding carboxylic acids is 1. The van der Waals surface area contributed by atoms with E-state index in [4.69, 9.17) is 11.6 Å². The Balaban J connectivity index is 1.89. The van der Waals surface area contributed by atoms with Crippen molar-refractivity contribution in [2.24, 2.45) is 0 Å².